The van der Waals surface area contributed by atoms with Crippen LogP contribution in [0.15, 0.2) is 58.7 Å². The quantitative estimate of drug-likeness (QED) is 0.840. The Hall–Kier alpha value is -2.40. The molecule has 2 aromatic rings. The molecular formula is C18H15BrN2O2. The van der Waals surface area contributed by atoms with Crippen LogP contribution in [0.4, 0.5) is 5.69 Å². The highest BCUT2D eigenvalue weighted by molar-refractivity contribution is 9.10. The minimum Gasteiger partial charge on any atom is -0.350 e. The highest BCUT2D eigenvalue weighted by atomic mass is 79.9. The second-order valence-corrected chi connectivity index (χ2v) is 6.34. The van der Waals surface area contributed by atoms with E-state index in [9.17, 15) is 9.59 Å². The molecule has 2 amide bonds. The van der Waals surface area contributed by atoms with Crippen LogP contribution in [0.5, 0.6) is 0 Å². The molecule has 0 fully saturated rings. The molecule has 0 saturated carbocycles. The maximum atomic E-state index is 12.5. The van der Waals surface area contributed by atoms with Crippen molar-refractivity contribution in [1.29, 1.82) is 0 Å². The lowest BCUT2D eigenvalue weighted by atomic mass is 10.0. The maximum absolute atomic E-state index is 12.5. The molecule has 0 aliphatic carbocycles. The number of carbonyl (C=O) groups is 2. The second kappa shape index (κ2) is 6.01. The fourth-order valence-corrected chi connectivity index (χ4v) is 2.86. The van der Waals surface area contributed by atoms with Gasteiger partial charge in [-0.1, -0.05) is 51.8 Å². The molecule has 0 spiro atoms. The van der Waals surface area contributed by atoms with Gasteiger partial charge in [0.05, 0.1) is 5.57 Å². The van der Waals surface area contributed by atoms with Gasteiger partial charge in [0, 0.05) is 17.2 Å². The lowest BCUT2D eigenvalue weighted by molar-refractivity contribution is -0.135. The van der Waals surface area contributed by atoms with E-state index in [1.807, 2.05) is 55.5 Å². The summed E-state index contributed by atoms with van der Waals surface area (Å²) in [6.45, 7) is 1.98. The van der Waals surface area contributed by atoms with Crippen LogP contribution in [0.3, 0.4) is 0 Å². The lowest BCUT2D eigenvalue weighted by Gasteiger charge is -2.09. The molecule has 1 aliphatic rings. The summed E-state index contributed by atoms with van der Waals surface area (Å²) in [4.78, 5) is 26.0. The number of likely N-dealkylation sites (N-methyl/N-ethyl adjacent to an activating group) is 1. The highest BCUT2D eigenvalue weighted by Crippen LogP contribution is 2.30. The molecule has 4 nitrogen and oxygen atoms in total. The number of nitrogens with zero attached hydrogens (tertiary/aromatic N) is 1. The minimum atomic E-state index is -0.328. The Morgan fingerprint density at radius 2 is 1.70 bits per heavy atom. The van der Waals surface area contributed by atoms with Crippen LogP contribution in [0.25, 0.3) is 5.57 Å². The number of imide groups is 1. The summed E-state index contributed by atoms with van der Waals surface area (Å²) in [5.41, 5.74) is 3.28. The summed E-state index contributed by atoms with van der Waals surface area (Å²) in [5, 5.41) is 3.09. The molecule has 116 valence electrons. The van der Waals surface area contributed by atoms with Crippen molar-refractivity contribution < 1.29 is 9.59 Å². The number of anilines is 1. The third kappa shape index (κ3) is 2.92. The van der Waals surface area contributed by atoms with E-state index in [1.54, 1.807) is 0 Å². The Kier molecular flexibility index (Phi) is 4.05. The van der Waals surface area contributed by atoms with Crippen molar-refractivity contribution >= 4 is 39.0 Å². The van der Waals surface area contributed by atoms with Crippen LogP contribution < -0.4 is 5.32 Å². The van der Waals surface area contributed by atoms with E-state index >= 15 is 0 Å². The van der Waals surface area contributed by atoms with Crippen LogP contribution >= 0.6 is 15.9 Å². The summed E-state index contributed by atoms with van der Waals surface area (Å²) in [5.74, 6) is -0.623. The molecule has 0 radical (unpaired) electrons. The molecule has 3 rings (SSSR count). The zero-order chi connectivity index (χ0) is 16.6. The molecule has 0 unspecified atom stereocenters. The van der Waals surface area contributed by atoms with Crippen LogP contribution in [0, 0.1) is 6.92 Å². The number of rotatable bonds is 3. The fraction of sp³-hybridized carbons (Fsp3) is 0.111. The zero-order valence-electron chi connectivity index (χ0n) is 12.8. The minimum absolute atomic E-state index is 0.295. The number of aryl methyl sites for hydroxylation is 1. The van der Waals surface area contributed by atoms with E-state index in [1.165, 1.54) is 7.05 Å². The van der Waals surface area contributed by atoms with E-state index in [-0.39, 0.29) is 11.8 Å². The van der Waals surface area contributed by atoms with Gasteiger partial charge in [0.15, 0.2) is 0 Å². The number of halogens is 1. The van der Waals surface area contributed by atoms with Crippen LogP contribution in [0.1, 0.15) is 11.1 Å². The Balaban J connectivity index is 2.08. The second-order valence-electron chi connectivity index (χ2n) is 5.42. The fourth-order valence-electron chi connectivity index (χ4n) is 2.46. The molecule has 0 atom stereocenters. The first kappa shape index (κ1) is 15.5. The number of carbonyl (C=O) groups excluding carboxylic acids is 2. The summed E-state index contributed by atoms with van der Waals surface area (Å²) in [6.07, 6.45) is 0. The highest BCUT2D eigenvalue weighted by Gasteiger charge is 2.36. The molecule has 1 heterocycles. The van der Waals surface area contributed by atoms with Gasteiger partial charge in [0.2, 0.25) is 0 Å². The summed E-state index contributed by atoms with van der Waals surface area (Å²) < 4.78 is 0.894. The van der Waals surface area contributed by atoms with Gasteiger partial charge >= 0.3 is 0 Å². The zero-order valence-corrected chi connectivity index (χ0v) is 14.3. The predicted molar refractivity (Wildman–Crippen MR) is 93.6 cm³/mol. The largest absolute Gasteiger partial charge is 0.350 e. The smallest absolute Gasteiger partial charge is 0.277 e. The molecule has 5 heteroatoms. The summed E-state index contributed by atoms with van der Waals surface area (Å²) >= 11 is 3.40. The predicted octanol–water partition coefficient (Wildman–Crippen LogP) is 3.58. The average molecular weight is 371 g/mol. The van der Waals surface area contributed by atoms with Crippen molar-refractivity contribution in [2.45, 2.75) is 6.92 Å². The molecule has 0 bridgehead atoms. The van der Waals surface area contributed by atoms with E-state index in [2.05, 4.69) is 21.2 Å². The van der Waals surface area contributed by atoms with Crippen LogP contribution in [-0.4, -0.2) is 23.8 Å². The molecule has 1 aliphatic heterocycles. The molecule has 0 aromatic heterocycles. The van der Waals surface area contributed by atoms with Gasteiger partial charge in [0.25, 0.3) is 11.8 Å². The Morgan fingerprint density at radius 1 is 1.00 bits per heavy atom. The number of nitrogens with one attached hydrogen (secondary N) is 1. The van der Waals surface area contributed by atoms with E-state index in [0.717, 1.165) is 26.2 Å². The normalized spacial score (nSPS) is 14.7. The van der Waals surface area contributed by atoms with Gasteiger partial charge < -0.3 is 5.32 Å². The molecule has 2 aromatic carbocycles. The van der Waals surface area contributed by atoms with E-state index in [4.69, 9.17) is 0 Å². The van der Waals surface area contributed by atoms with Crippen molar-refractivity contribution in [3.05, 3.63) is 69.8 Å². The van der Waals surface area contributed by atoms with Crippen molar-refractivity contribution in [2.24, 2.45) is 0 Å². The average Bonchev–Trinajstić information content (AvgIpc) is 2.73. The molecular weight excluding hydrogens is 356 g/mol. The molecule has 0 saturated heterocycles. The Bertz CT molecular complexity index is 825. The Morgan fingerprint density at radius 3 is 2.35 bits per heavy atom. The van der Waals surface area contributed by atoms with Crippen molar-refractivity contribution in [3.8, 4) is 0 Å². The van der Waals surface area contributed by atoms with Crippen LogP contribution in [0.2, 0.25) is 0 Å². The van der Waals surface area contributed by atoms with Gasteiger partial charge in [-0.15, -0.1) is 0 Å². The number of hydrogen-bond donors (Lipinski definition) is 1. The Labute approximate surface area is 142 Å². The topological polar surface area (TPSA) is 49.4 Å². The third-order valence-electron chi connectivity index (χ3n) is 3.72. The van der Waals surface area contributed by atoms with Crippen molar-refractivity contribution in [1.82, 2.24) is 4.90 Å². The van der Waals surface area contributed by atoms with Gasteiger partial charge in [0.1, 0.15) is 5.70 Å². The molecule has 23 heavy (non-hydrogen) atoms. The number of hydrogen-bond acceptors (Lipinski definition) is 3. The van der Waals surface area contributed by atoms with Gasteiger partial charge in [-0.2, -0.15) is 0 Å². The first-order valence-electron chi connectivity index (χ1n) is 7.13. The standard InChI is InChI=1S/C18H15BrN2O2/c1-11-6-8-12(9-7-11)15-16(18(23)21(2)17(15)22)20-14-5-3-4-13(19)10-14/h3-10,20H,1-2H3. The molecule has 1 N–H and O–H groups in total. The summed E-state index contributed by atoms with van der Waals surface area (Å²) in [6, 6.07) is 15.0. The first-order chi connectivity index (χ1) is 11.0. The third-order valence-corrected chi connectivity index (χ3v) is 4.21. The van der Waals surface area contributed by atoms with Gasteiger partial charge in [-0.3, -0.25) is 14.5 Å². The van der Waals surface area contributed by atoms with E-state index in [0.29, 0.717) is 11.3 Å². The maximum Gasteiger partial charge on any atom is 0.277 e. The van der Waals surface area contributed by atoms with Crippen molar-refractivity contribution in [2.75, 3.05) is 12.4 Å². The number of benzene rings is 2. The SMILES string of the molecule is Cc1ccc(C2=C(Nc3cccc(Br)c3)C(=O)N(C)C2=O)cc1. The van der Waals surface area contributed by atoms with Gasteiger partial charge in [-0.05, 0) is 30.7 Å². The number of amides is 2. The summed E-state index contributed by atoms with van der Waals surface area (Å²) in [7, 11) is 1.49. The lowest BCUT2D eigenvalue weighted by Crippen LogP contribution is -2.27. The van der Waals surface area contributed by atoms with Crippen LogP contribution in [-0.2, 0) is 9.59 Å². The van der Waals surface area contributed by atoms with E-state index < -0.39 is 0 Å². The van der Waals surface area contributed by atoms with Crippen molar-refractivity contribution in [3.63, 3.8) is 0 Å². The monoisotopic (exact) mass is 370 g/mol. The first-order valence-corrected chi connectivity index (χ1v) is 7.93. The van der Waals surface area contributed by atoms with Gasteiger partial charge in [-0.25, -0.2) is 0 Å².